The zero-order valence-electron chi connectivity index (χ0n) is 10.7. The van der Waals surface area contributed by atoms with E-state index in [4.69, 9.17) is 17.2 Å². The Morgan fingerprint density at radius 1 is 0.941 bits per heavy atom. The van der Waals surface area contributed by atoms with E-state index in [0.29, 0.717) is 12.5 Å². The van der Waals surface area contributed by atoms with Crippen molar-refractivity contribution in [2.45, 2.75) is 54.5 Å². The summed E-state index contributed by atoms with van der Waals surface area (Å²) in [5, 5.41) is 0.357. The Morgan fingerprint density at radius 3 is 1.88 bits per heavy atom. The van der Waals surface area contributed by atoms with Gasteiger partial charge in [-0.3, -0.25) is 0 Å². The summed E-state index contributed by atoms with van der Waals surface area (Å²) in [6.45, 7) is 4.62. The van der Waals surface area contributed by atoms with Gasteiger partial charge < -0.3 is 17.2 Å². The molecular weight excluding hydrogens is 270 g/mol. The van der Waals surface area contributed by atoms with E-state index in [1.165, 1.54) is 0 Å². The predicted octanol–water partition coefficient (Wildman–Crippen LogP) is 0.931. The highest BCUT2D eigenvalue weighted by Gasteiger charge is 2.23. The monoisotopic (exact) mass is 297 g/mol. The molecule has 17 heavy (non-hydrogen) atoms. The molecule has 0 radical (unpaired) electrons. The first-order chi connectivity index (χ1) is 7.79. The number of rotatable bonds is 8. The van der Waals surface area contributed by atoms with E-state index in [9.17, 15) is 0 Å². The van der Waals surface area contributed by atoms with E-state index < -0.39 is 0 Å². The summed E-state index contributed by atoms with van der Waals surface area (Å²) >= 11 is 13.5. The van der Waals surface area contributed by atoms with Gasteiger partial charge in [0, 0.05) is 34.4 Å². The Hall–Kier alpha value is 0.930. The van der Waals surface area contributed by atoms with E-state index in [1.54, 1.807) is 0 Å². The fourth-order valence-electron chi connectivity index (χ4n) is 1.72. The van der Waals surface area contributed by atoms with E-state index in [-0.39, 0.29) is 27.8 Å². The van der Waals surface area contributed by atoms with Gasteiger partial charge in [-0.25, -0.2) is 0 Å². The van der Waals surface area contributed by atoms with Gasteiger partial charge in [-0.2, -0.15) is 37.9 Å². The van der Waals surface area contributed by atoms with Crippen LogP contribution in [0.25, 0.3) is 0 Å². The molecular formula is C11H27N3S3. The minimum Gasteiger partial charge on any atom is -0.329 e. The molecule has 0 bridgehead atoms. The molecule has 6 N–H and O–H groups in total. The zero-order chi connectivity index (χ0) is 13.6. The topological polar surface area (TPSA) is 78.1 Å². The Morgan fingerprint density at radius 2 is 1.47 bits per heavy atom. The quantitative estimate of drug-likeness (QED) is 0.377. The summed E-state index contributed by atoms with van der Waals surface area (Å²) in [5.41, 5.74) is 17.3. The minimum atomic E-state index is 0.0317. The number of hydrogen-bond acceptors (Lipinski definition) is 6. The third-order valence-electron chi connectivity index (χ3n) is 3.02. The van der Waals surface area contributed by atoms with Crippen molar-refractivity contribution in [1.29, 1.82) is 0 Å². The second kappa shape index (κ2) is 8.93. The van der Waals surface area contributed by atoms with E-state index in [1.807, 2.05) is 6.92 Å². The Bertz CT molecular complexity index is 204. The lowest BCUT2D eigenvalue weighted by molar-refractivity contribution is 0.400. The second-order valence-corrected chi connectivity index (χ2v) is 6.88. The minimum absolute atomic E-state index is 0.0317. The lowest BCUT2D eigenvalue weighted by Gasteiger charge is -2.27. The molecule has 0 aliphatic rings. The molecule has 0 aromatic carbocycles. The van der Waals surface area contributed by atoms with Crippen molar-refractivity contribution in [1.82, 2.24) is 0 Å². The van der Waals surface area contributed by atoms with E-state index in [0.717, 1.165) is 12.8 Å². The molecule has 0 aromatic heterocycles. The molecule has 0 fully saturated rings. The lowest BCUT2D eigenvalue weighted by atomic mass is 9.93. The molecule has 0 rings (SSSR count). The zero-order valence-corrected chi connectivity index (χ0v) is 13.3. The van der Waals surface area contributed by atoms with Crippen LogP contribution in [0.1, 0.15) is 26.7 Å². The van der Waals surface area contributed by atoms with Crippen molar-refractivity contribution in [2.24, 2.45) is 23.1 Å². The van der Waals surface area contributed by atoms with Crippen LogP contribution in [0.3, 0.4) is 0 Å². The molecule has 0 spiro atoms. The van der Waals surface area contributed by atoms with Crippen LogP contribution >= 0.6 is 37.9 Å². The van der Waals surface area contributed by atoms with Gasteiger partial charge in [0.25, 0.3) is 0 Å². The third-order valence-corrected chi connectivity index (χ3v) is 5.28. The van der Waals surface area contributed by atoms with Gasteiger partial charge in [-0.15, -0.1) is 0 Å². The summed E-state index contributed by atoms with van der Waals surface area (Å²) in [7, 11) is 0. The highest BCUT2D eigenvalue weighted by Crippen LogP contribution is 2.24. The van der Waals surface area contributed by atoms with Crippen LogP contribution in [0, 0.1) is 5.92 Å². The molecule has 6 unspecified atom stereocenters. The van der Waals surface area contributed by atoms with Crippen LogP contribution in [-0.4, -0.2) is 34.4 Å². The molecule has 104 valence electrons. The van der Waals surface area contributed by atoms with Crippen LogP contribution < -0.4 is 17.2 Å². The first-order valence-electron chi connectivity index (χ1n) is 6.05. The maximum atomic E-state index is 5.95. The first kappa shape index (κ1) is 17.9. The van der Waals surface area contributed by atoms with Crippen LogP contribution in [0.2, 0.25) is 0 Å². The fraction of sp³-hybridized carbons (Fsp3) is 1.00. The van der Waals surface area contributed by atoms with Gasteiger partial charge in [-0.05, 0) is 25.7 Å². The molecule has 0 saturated heterocycles. The normalized spacial score (nSPS) is 22.6. The van der Waals surface area contributed by atoms with Gasteiger partial charge in [0.1, 0.15) is 0 Å². The van der Waals surface area contributed by atoms with Crippen LogP contribution in [0.15, 0.2) is 0 Å². The summed E-state index contributed by atoms with van der Waals surface area (Å²) in [5.74, 6) is 0.478. The summed E-state index contributed by atoms with van der Waals surface area (Å²) in [4.78, 5) is 0. The molecule has 0 aromatic rings. The van der Waals surface area contributed by atoms with Crippen LogP contribution in [-0.2, 0) is 0 Å². The van der Waals surface area contributed by atoms with Gasteiger partial charge in [0.15, 0.2) is 0 Å². The molecule has 3 nitrogen and oxygen atoms in total. The van der Waals surface area contributed by atoms with Gasteiger partial charge in [-0.1, -0.05) is 6.92 Å². The maximum absolute atomic E-state index is 5.95. The van der Waals surface area contributed by atoms with Crippen molar-refractivity contribution in [2.75, 3.05) is 6.54 Å². The first-order valence-corrected chi connectivity index (χ1v) is 7.59. The van der Waals surface area contributed by atoms with Gasteiger partial charge in [0.05, 0.1) is 0 Å². The Labute approximate surface area is 122 Å². The lowest BCUT2D eigenvalue weighted by Crippen LogP contribution is -2.40. The average molecular weight is 298 g/mol. The molecule has 0 aliphatic heterocycles. The van der Waals surface area contributed by atoms with Crippen molar-refractivity contribution in [3.63, 3.8) is 0 Å². The number of thiol groups is 3. The SMILES string of the molecule is CC(CC(N)C(C)N)CC(S)C(S)C(S)CN. The predicted molar refractivity (Wildman–Crippen MR) is 87.4 cm³/mol. The summed E-state index contributed by atoms with van der Waals surface area (Å²) in [6, 6.07) is 0.0782. The van der Waals surface area contributed by atoms with Gasteiger partial charge in [0.2, 0.25) is 0 Å². The second-order valence-electron chi connectivity index (χ2n) is 4.96. The molecule has 6 atom stereocenters. The van der Waals surface area contributed by atoms with Gasteiger partial charge >= 0.3 is 0 Å². The standard InChI is InChI=1S/C11H27N3S3/c1-6(3-8(14)7(2)13)4-9(15)11(17)10(16)5-12/h6-11,15-17H,3-5,12-14H2,1-2H3. The Balaban J connectivity index is 4.06. The Kier molecular flexibility index (Phi) is 9.42. The third kappa shape index (κ3) is 7.18. The maximum Gasteiger partial charge on any atom is 0.0267 e. The van der Waals surface area contributed by atoms with Crippen LogP contribution in [0.4, 0.5) is 0 Å². The smallest absolute Gasteiger partial charge is 0.0267 e. The summed E-state index contributed by atoms with van der Waals surface area (Å²) < 4.78 is 0. The molecule has 0 heterocycles. The van der Waals surface area contributed by atoms with E-state index >= 15 is 0 Å². The summed E-state index contributed by atoms with van der Waals surface area (Å²) in [6.07, 6.45) is 1.86. The van der Waals surface area contributed by atoms with Crippen molar-refractivity contribution >= 4 is 37.9 Å². The largest absolute Gasteiger partial charge is 0.329 e. The molecule has 0 saturated carbocycles. The van der Waals surface area contributed by atoms with Crippen LogP contribution in [0.5, 0.6) is 0 Å². The highest BCUT2D eigenvalue weighted by molar-refractivity contribution is 7.87. The average Bonchev–Trinajstić information content (AvgIpc) is 2.26. The number of nitrogens with two attached hydrogens (primary N) is 3. The molecule has 0 aliphatic carbocycles. The van der Waals surface area contributed by atoms with Crippen molar-refractivity contribution in [3.05, 3.63) is 0 Å². The highest BCUT2D eigenvalue weighted by atomic mass is 32.1. The van der Waals surface area contributed by atoms with Crippen molar-refractivity contribution in [3.8, 4) is 0 Å². The number of hydrogen-bond donors (Lipinski definition) is 6. The van der Waals surface area contributed by atoms with E-state index in [2.05, 4.69) is 44.8 Å². The molecule has 6 heteroatoms. The fourth-order valence-corrected chi connectivity index (χ4v) is 2.88. The van der Waals surface area contributed by atoms with Crippen molar-refractivity contribution < 1.29 is 0 Å². The molecule has 0 amide bonds.